The van der Waals surface area contributed by atoms with Crippen LogP contribution in [0.3, 0.4) is 0 Å². The van der Waals surface area contributed by atoms with Crippen LogP contribution in [0.1, 0.15) is 73.6 Å². The van der Waals surface area contributed by atoms with Crippen molar-refractivity contribution >= 4 is 46.1 Å². The molecule has 5 heterocycles. The summed E-state index contributed by atoms with van der Waals surface area (Å²) < 4.78 is 44.2. The van der Waals surface area contributed by atoms with E-state index in [0.717, 1.165) is 65.2 Å². The molecule has 0 saturated carbocycles. The molecule has 1 unspecified atom stereocenters. The topological polar surface area (TPSA) is 221 Å². The number of nitrogens with zero attached hydrogens (tertiary/aromatic N) is 5. The molecule has 0 radical (unpaired) electrons. The van der Waals surface area contributed by atoms with Gasteiger partial charge < -0.3 is 44.2 Å². The van der Waals surface area contributed by atoms with Crippen molar-refractivity contribution in [3.63, 3.8) is 0 Å². The second-order valence-electron chi connectivity index (χ2n) is 17.4. The van der Waals surface area contributed by atoms with Gasteiger partial charge in [0.25, 0.3) is 17.7 Å². The number of rotatable bonds is 28. The fraction of sp³-hybridized carbons (Fsp3) is 0.460. The predicted octanol–water partition coefficient (Wildman–Crippen LogP) is 3.90. The van der Waals surface area contributed by atoms with E-state index in [2.05, 4.69) is 67.5 Å². The first kappa shape index (κ1) is 50.0. The maximum Gasteiger partial charge on any atom is 0.264 e. The molecule has 2 aromatic heterocycles. The molecular formula is C50H60FN9O10. The number of ether oxygens (including phenoxy) is 5. The lowest BCUT2D eigenvalue weighted by Gasteiger charge is -2.27. The Morgan fingerprint density at radius 2 is 1.53 bits per heavy atom. The summed E-state index contributed by atoms with van der Waals surface area (Å²) in [4.78, 5) is 69.3. The van der Waals surface area contributed by atoms with Crippen molar-refractivity contribution in [2.24, 2.45) is 0 Å². The molecule has 372 valence electrons. The van der Waals surface area contributed by atoms with Crippen LogP contribution in [0.15, 0.2) is 60.8 Å². The van der Waals surface area contributed by atoms with Crippen LogP contribution < -0.4 is 16.0 Å². The van der Waals surface area contributed by atoms with E-state index in [-0.39, 0.29) is 29.9 Å². The number of piperidine rings is 1. The van der Waals surface area contributed by atoms with Crippen molar-refractivity contribution in [1.82, 2.24) is 40.4 Å². The molecule has 5 aromatic rings. The number of carbonyl (C=O) groups is 5. The molecule has 1 atom stereocenters. The fourth-order valence-electron chi connectivity index (χ4n) is 8.92. The highest BCUT2D eigenvalue weighted by atomic mass is 19.1. The molecule has 3 aliphatic rings. The van der Waals surface area contributed by atoms with Crippen molar-refractivity contribution in [3.05, 3.63) is 100 Å². The van der Waals surface area contributed by atoms with Gasteiger partial charge in [-0.2, -0.15) is 0 Å². The van der Waals surface area contributed by atoms with Crippen molar-refractivity contribution in [3.8, 4) is 11.3 Å². The molecule has 1 fully saturated rings. The summed E-state index contributed by atoms with van der Waals surface area (Å²) >= 11 is 0. The number of halogens is 1. The van der Waals surface area contributed by atoms with Crippen LogP contribution in [0, 0.1) is 5.82 Å². The van der Waals surface area contributed by atoms with Gasteiger partial charge in [0.1, 0.15) is 11.9 Å². The number of imide groups is 2. The van der Waals surface area contributed by atoms with Crippen LogP contribution >= 0.6 is 0 Å². The van der Waals surface area contributed by atoms with Crippen LogP contribution in [0.25, 0.3) is 22.2 Å². The minimum atomic E-state index is -1.02. The van der Waals surface area contributed by atoms with E-state index < -0.39 is 35.5 Å². The normalized spacial score (nSPS) is 15.8. The minimum Gasteiger partial charge on any atom is -0.382 e. The van der Waals surface area contributed by atoms with Gasteiger partial charge in [0.2, 0.25) is 11.8 Å². The lowest BCUT2D eigenvalue weighted by atomic mass is 9.99. The Balaban J connectivity index is 0.596. The summed E-state index contributed by atoms with van der Waals surface area (Å²) in [7, 11) is 2.12. The molecule has 1 saturated heterocycles. The first-order valence-electron chi connectivity index (χ1n) is 23.9. The second-order valence-corrected chi connectivity index (χ2v) is 17.4. The number of hydrogen-bond acceptors (Lipinski definition) is 14. The Bertz CT molecular complexity index is 2640. The lowest BCUT2D eigenvalue weighted by molar-refractivity contribution is -0.136. The maximum absolute atomic E-state index is 14.3. The molecule has 8 rings (SSSR count). The van der Waals surface area contributed by atoms with E-state index >= 15 is 0 Å². The molecule has 20 heteroatoms. The number of anilines is 1. The van der Waals surface area contributed by atoms with Crippen LogP contribution in [0.4, 0.5) is 10.1 Å². The summed E-state index contributed by atoms with van der Waals surface area (Å²) in [5.41, 5.74) is 7.06. The Morgan fingerprint density at radius 1 is 0.814 bits per heavy atom. The summed E-state index contributed by atoms with van der Waals surface area (Å²) in [5, 5.41) is 17.6. The van der Waals surface area contributed by atoms with Crippen molar-refractivity contribution < 1.29 is 52.0 Å². The van der Waals surface area contributed by atoms with Gasteiger partial charge >= 0.3 is 0 Å². The molecule has 0 spiro atoms. The highest BCUT2D eigenvalue weighted by molar-refractivity contribution is 6.25. The number of aromatic amines is 1. The smallest absolute Gasteiger partial charge is 0.264 e. The Labute approximate surface area is 404 Å². The van der Waals surface area contributed by atoms with Gasteiger partial charge in [0.15, 0.2) is 0 Å². The summed E-state index contributed by atoms with van der Waals surface area (Å²) in [6, 6.07) is 15.1. The van der Waals surface area contributed by atoms with E-state index in [1.54, 1.807) is 22.9 Å². The quantitative estimate of drug-likeness (QED) is 0.0413. The Kier molecular flexibility index (Phi) is 17.4. The van der Waals surface area contributed by atoms with E-state index in [1.807, 2.05) is 6.20 Å². The number of nitrogens with one attached hydrogen (secondary N) is 4. The van der Waals surface area contributed by atoms with Crippen molar-refractivity contribution in [2.45, 2.75) is 57.7 Å². The number of unbranched alkanes of at least 4 members (excludes halogenated alkanes) is 1. The zero-order valence-electron chi connectivity index (χ0n) is 39.4. The largest absolute Gasteiger partial charge is 0.382 e. The summed E-state index contributed by atoms with van der Waals surface area (Å²) in [6.07, 6.45) is 5.69. The number of aryl methyl sites for hydroxylation is 1. The van der Waals surface area contributed by atoms with E-state index in [9.17, 15) is 28.4 Å². The van der Waals surface area contributed by atoms with Gasteiger partial charge in [-0.3, -0.25) is 34.2 Å². The number of hydrogen-bond donors (Lipinski definition) is 4. The zero-order valence-corrected chi connectivity index (χ0v) is 39.4. The number of aromatic nitrogens is 4. The summed E-state index contributed by atoms with van der Waals surface area (Å²) in [6.45, 7) is 7.45. The van der Waals surface area contributed by atoms with Crippen LogP contribution in [0.5, 0.6) is 0 Å². The lowest BCUT2D eigenvalue weighted by Crippen LogP contribution is -2.54. The second kappa shape index (κ2) is 24.4. The predicted molar refractivity (Wildman–Crippen MR) is 255 cm³/mol. The molecule has 3 aliphatic heterocycles. The molecule has 70 heavy (non-hydrogen) atoms. The third-order valence-corrected chi connectivity index (χ3v) is 12.4. The SMILES string of the molecule is CN(CCCCc1cn(CCOCCOCCOCCOCCOCCNc2cccc3c2C(=O)N(C2CCC(=O)NC2=O)C3=O)nn1)Cc1ccc(-c2[nH]c3cc(F)cc4c3c2CCNC4=O)cc1. The van der Waals surface area contributed by atoms with E-state index in [1.165, 1.54) is 17.7 Å². The fourth-order valence-corrected chi connectivity index (χ4v) is 8.92. The highest BCUT2D eigenvalue weighted by Gasteiger charge is 2.45. The molecule has 19 nitrogen and oxygen atoms in total. The van der Waals surface area contributed by atoms with Crippen molar-refractivity contribution in [1.29, 1.82) is 0 Å². The number of H-pyrrole nitrogens is 1. The third kappa shape index (κ3) is 12.7. The molecule has 0 bridgehead atoms. The molecule has 4 N–H and O–H groups in total. The van der Waals surface area contributed by atoms with Crippen LogP contribution in [-0.2, 0) is 59.2 Å². The number of carbonyl (C=O) groups excluding carboxylic acids is 5. The zero-order chi connectivity index (χ0) is 48.8. The molecule has 0 aliphatic carbocycles. The van der Waals surface area contributed by atoms with Crippen LogP contribution in [-0.4, -0.2) is 158 Å². The van der Waals surface area contributed by atoms with Gasteiger partial charge in [-0.25, -0.2) is 9.07 Å². The van der Waals surface area contributed by atoms with E-state index in [4.69, 9.17) is 23.7 Å². The standard InChI is InChI=1S/C50H60FN9O10/c1-58(31-33-8-10-34(11-9-33)46-37-14-15-53-47(62)39-29-35(51)30-41(54-46)44(37)39)17-3-2-5-36-32-59(57-56-36)18-20-67-22-24-69-26-28-70-27-25-68-23-21-66-19-16-52-40-7-4-6-38-45(40)50(65)60(49(38)64)42-12-13-43(61)55-48(42)63/h4,6-11,29-30,32,42,52,54H,2-3,5,12-28,31H2,1H3,(H,53,62)(H,55,61,63). The first-order valence-corrected chi connectivity index (χ1v) is 23.9. The average Bonchev–Trinajstić information content (AvgIpc) is 3.99. The Hall–Kier alpha value is -6.42. The minimum absolute atomic E-state index is 0.0607. The van der Waals surface area contributed by atoms with E-state index in [0.29, 0.717) is 109 Å². The highest BCUT2D eigenvalue weighted by Crippen LogP contribution is 2.35. The maximum atomic E-state index is 14.3. The molecule has 5 amide bonds. The molecule has 3 aromatic carbocycles. The Morgan fingerprint density at radius 3 is 2.26 bits per heavy atom. The average molecular weight is 966 g/mol. The van der Waals surface area contributed by atoms with Crippen LogP contribution in [0.2, 0.25) is 0 Å². The van der Waals surface area contributed by atoms with Gasteiger partial charge in [0.05, 0.1) is 95.0 Å². The van der Waals surface area contributed by atoms with Gasteiger partial charge in [0, 0.05) is 54.5 Å². The van der Waals surface area contributed by atoms with Gasteiger partial charge in [-0.15, -0.1) is 5.10 Å². The van der Waals surface area contributed by atoms with Crippen molar-refractivity contribution in [2.75, 3.05) is 98.1 Å². The number of fused-ring (bicyclic) bond motifs is 1. The summed E-state index contributed by atoms with van der Waals surface area (Å²) in [5.74, 6) is -2.86. The monoisotopic (exact) mass is 965 g/mol. The third-order valence-electron chi connectivity index (χ3n) is 12.4. The van der Waals surface area contributed by atoms with Gasteiger partial charge in [-0.1, -0.05) is 35.5 Å². The molecular weight excluding hydrogens is 906 g/mol. The first-order chi connectivity index (χ1) is 34.1. The van der Waals surface area contributed by atoms with Gasteiger partial charge in [-0.05, 0) is 86.7 Å². The number of benzene rings is 3. The number of amides is 5.